The Morgan fingerprint density at radius 2 is 1.76 bits per heavy atom. The maximum absolute atomic E-state index is 2.38. The van der Waals surface area contributed by atoms with Gasteiger partial charge < -0.3 is 0 Å². The molecule has 2 unspecified atom stereocenters. The fourth-order valence-corrected chi connectivity index (χ4v) is 8.72. The van der Waals surface area contributed by atoms with Gasteiger partial charge in [0.1, 0.15) is 11.5 Å². The monoisotopic (exact) mass is 265 g/mol. The highest BCUT2D eigenvalue weighted by molar-refractivity contribution is 8.16. The van der Waals surface area contributed by atoms with Gasteiger partial charge in [-0.3, -0.25) is 0 Å². The van der Waals surface area contributed by atoms with E-state index in [2.05, 4.69) is 42.1 Å². The second kappa shape index (κ2) is 5.27. The predicted molar refractivity (Wildman–Crippen MR) is 80.8 cm³/mol. The molecule has 1 aromatic carbocycles. The minimum Gasteiger partial charge on any atom is -0.0972 e. The van der Waals surface area contributed by atoms with Gasteiger partial charge in [0.15, 0.2) is 4.08 Å². The third-order valence-electron chi connectivity index (χ3n) is 3.95. The Kier molecular flexibility index (Phi) is 3.72. The van der Waals surface area contributed by atoms with Crippen molar-refractivity contribution in [3.8, 4) is 0 Å². The van der Waals surface area contributed by atoms with Crippen molar-refractivity contribution >= 4 is 22.7 Å². The topological polar surface area (TPSA) is 0 Å². The van der Waals surface area contributed by atoms with Crippen molar-refractivity contribution < 1.29 is 0 Å². The van der Waals surface area contributed by atoms with Crippen LogP contribution in [0.1, 0.15) is 37.7 Å². The summed E-state index contributed by atoms with van der Waals surface area (Å²) in [5.41, 5.74) is 1.62. The minimum atomic E-state index is 0.496. The molecule has 2 heterocycles. The van der Waals surface area contributed by atoms with Crippen LogP contribution in [0.4, 0.5) is 0 Å². The summed E-state index contributed by atoms with van der Waals surface area (Å²) in [4.78, 5) is 0. The summed E-state index contributed by atoms with van der Waals surface area (Å²) >= 11 is 2.27. The molecule has 17 heavy (non-hydrogen) atoms. The maximum atomic E-state index is 2.38. The lowest BCUT2D eigenvalue weighted by Crippen LogP contribution is -2.39. The van der Waals surface area contributed by atoms with Crippen molar-refractivity contribution in [2.75, 3.05) is 17.3 Å². The predicted octanol–water partition coefficient (Wildman–Crippen LogP) is 4.17. The highest BCUT2D eigenvalue weighted by Crippen LogP contribution is 2.51. The Morgan fingerprint density at radius 1 is 0.941 bits per heavy atom. The van der Waals surface area contributed by atoms with E-state index in [1.165, 1.54) is 49.4 Å². The number of hydrogen-bond acceptors (Lipinski definition) is 1. The van der Waals surface area contributed by atoms with E-state index in [1.807, 2.05) is 0 Å². The van der Waals surface area contributed by atoms with E-state index < -0.39 is 0 Å². The molecule has 2 aliphatic rings. The van der Waals surface area contributed by atoms with Gasteiger partial charge in [0.25, 0.3) is 0 Å². The standard InChI is InChI=1S/C15H21S2/c1-3-8-14(9-4-1)15-10-5-2-6-12-17(15)13-7-11-16-15/h1,3-4,8-9H,2,5-7,10-13H2/q+1. The lowest BCUT2D eigenvalue weighted by atomic mass is 10.1. The Morgan fingerprint density at radius 3 is 2.65 bits per heavy atom. The zero-order valence-corrected chi connectivity index (χ0v) is 12.0. The summed E-state index contributed by atoms with van der Waals surface area (Å²) in [7, 11) is 0.633. The first-order valence-electron chi connectivity index (χ1n) is 6.79. The number of thioether (sulfide) groups is 1. The molecule has 0 aliphatic carbocycles. The molecule has 92 valence electrons. The molecule has 2 aliphatic heterocycles. The van der Waals surface area contributed by atoms with Crippen molar-refractivity contribution in [3.63, 3.8) is 0 Å². The van der Waals surface area contributed by atoms with Crippen molar-refractivity contribution in [2.45, 2.75) is 36.2 Å². The fraction of sp³-hybridized carbons (Fsp3) is 0.600. The van der Waals surface area contributed by atoms with Crippen LogP contribution in [-0.2, 0) is 15.0 Å². The van der Waals surface area contributed by atoms with Crippen molar-refractivity contribution in [1.82, 2.24) is 0 Å². The van der Waals surface area contributed by atoms with E-state index >= 15 is 0 Å². The van der Waals surface area contributed by atoms with Crippen molar-refractivity contribution in [2.24, 2.45) is 0 Å². The summed E-state index contributed by atoms with van der Waals surface area (Å²) in [6.45, 7) is 0. The molecule has 2 fully saturated rings. The van der Waals surface area contributed by atoms with Crippen molar-refractivity contribution in [1.29, 1.82) is 0 Å². The normalized spacial score (nSPS) is 33.8. The third kappa shape index (κ3) is 2.26. The molecule has 2 atom stereocenters. The number of fused-ring (bicyclic) bond motifs is 1. The van der Waals surface area contributed by atoms with Crippen LogP contribution in [0.15, 0.2) is 30.3 Å². The first-order chi connectivity index (χ1) is 8.42. The summed E-state index contributed by atoms with van der Waals surface area (Å²) < 4.78 is 0.496. The number of rotatable bonds is 1. The lowest BCUT2D eigenvalue weighted by Gasteiger charge is -2.35. The zero-order valence-electron chi connectivity index (χ0n) is 10.4. The van der Waals surface area contributed by atoms with Gasteiger partial charge in [-0.2, -0.15) is 0 Å². The summed E-state index contributed by atoms with van der Waals surface area (Å²) in [6, 6.07) is 11.4. The number of hydrogen-bond donors (Lipinski definition) is 0. The van der Waals surface area contributed by atoms with E-state index in [-0.39, 0.29) is 0 Å². The SMILES string of the molecule is c1ccc(C23CCCCC[S+]2CCCS3)cc1. The molecule has 0 N–H and O–H groups in total. The van der Waals surface area contributed by atoms with E-state index in [9.17, 15) is 0 Å². The Balaban J connectivity index is 1.99. The highest BCUT2D eigenvalue weighted by atomic mass is 32.2. The van der Waals surface area contributed by atoms with Crippen LogP contribution in [0.3, 0.4) is 0 Å². The lowest BCUT2D eigenvalue weighted by molar-refractivity contribution is 0.655. The molecule has 1 aromatic rings. The van der Waals surface area contributed by atoms with Crippen LogP contribution in [0, 0.1) is 0 Å². The van der Waals surface area contributed by atoms with Gasteiger partial charge in [0.2, 0.25) is 0 Å². The first kappa shape index (κ1) is 12.0. The second-order valence-electron chi connectivity index (χ2n) is 5.03. The molecule has 0 radical (unpaired) electrons. The quantitative estimate of drug-likeness (QED) is 0.687. The van der Waals surface area contributed by atoms with Gasteiger partial charge in [-0.05, 0) is 19.3 Å². The largest absolute Gasteiger partial charge is 0.198 e. The molecule has 0 saturated carbocycles. The molecule has 0 amide bonds. The van der Waals surface area contributed by atoms with Crippen LogP contribution in [0.5, 0.6) is 0 Å². The van der Waals surface area contributed by atoms with Gasteiger partial charge in [-0.25, -0.2) is 0 Å². The van der Waals surface area contributed by atoms with E-state index in [4.69, 9.17) is 0 Å². The Labute approximate surface area is 112 Å². The summed E-state index contributed by atoms with van der Waals surface area (Å²) in [6.07, 6.45) is 7.23. The molecule has 0 bridgehead atoms. The molecule has 0 spiro atoms. The highest BCUT2D eigenvalue weighted by Gasteiger charge is 2.51. The third-order valence-corrected chi connectivity index (χ3v) is 9.34. The van der Waals surface area contributed by atoms with Crippen LogP contribution in [0.2, 0.25) is 0 Å². The molecule has 2 saturated heterocycles. The number of benzene rings is 1. The van der Waals surface area contributed by atoms with Gasteiger partial charge in [0.05, 0.1) is 0 Å². The van der Waals surface area contributed by atoms with Crippen LogP contribution < -0.4 is 0 Å². The smallest absolute Gasteiger partial charge is 0.0972 e. The molecule has 0 aromatic heterocycles. The summed E-state index contributed by atoms with van der Waals surface area (Å²) in [5, 5.41) is 0. The average molecular weight is 265 g/mol. The van der Waals surface area contributed by atoms with Crippen LogP contribution in [0.25, 0.3) is 0 Å². The van der Waals surface area contributed by atoms with Gasteiger partial charge in [-0.15, -0.1) is 0 Å². The van der Waals surface area contributed by atoms with Gasteiger partial charge in [0, 0.05) is 35.1 Å². The van der Waals surface area contributed by atoms with Gasteiger partial charge in [-0.1, -0.05) is 42.1 Å². The Bertz CT molecular complexity index is 362. The van der Waals surface area contributed by atoms with Gasteiger partial charge >= 0.3 is 0 Å². The van der Waals surface area contributed by atoms with E-state index in [1.54, 1.807) is 5.56 Å². The maximum Gasteiger partial charge on any atom is 0.198 e. The summed E-state index contributed by atoms with van der Waals surface area (Å²) in [5.74, 6) is 4.35. The van der Waals surface area contributed by atoms with Crippen molar-refractivity contribution in [3.05, 3.63) is 35.9 Å². The second-order valence-corrected chi connectivity index (χ2v) is 9.18. The van der Waals surface area contributed by atoms with Crippen LogP contribution >= 0.6 is 11.8 Å². The molecule has 0 nitrogen and oxygen atoms in total. The van der Waals surface area contributed by atoms with E-state index in [0.717, 1.165) is 0 Å². The van der Waals surface area contributed by atoms with E-state index in [0.29, 0.717) is 15.0 Å². The average Bonchev–Trinajstić information content (AvgIpc) is 2.63. The fourth-order valence-electron chi connectivity index (χ4n) is 3.10. The molecule has 3 rings (SSSR count). The zero-order chi connectivity index (χ0) is 11.6. The first-order valence-corrected chi connectivity index (χ1v) is 9.34. The molecular formula is C15H21S2+. The molecular weight excluding hydrogens is 244 g/mol. The van der Waals surface area contributed by atoms with Crippen LogP contribution in [-0.4, -0.2) is 17.3 Å². The minimum absolute atomic E-state index is 0.496. The molecule has 2 heteroatoms. The Hall–Kier alpha value is -0.0800.